The van der Waals surface area contributed by atoms with E-state index in [-0.39, 0.29) is 17.2 Å². The molecule has 2 amide bonds. The first kappa shape index (κ1) is 24.6. The summed E-state index contributed by atoms with van der Waals surface area (Å²) < 4.78 is 25.0. The first-order valence-electron chi connectivity index (χ1n) is 9.86. The van der Waals surface area contributed by atoms with E-state index < -0.39 is 29.9 Å². The van der Waals surface area contributed by atoms with Gasteiger partial charge in [-0.2, -0.15) is 0 Å². The molecule has 0 aliphatic carbocycles. The van der Waals surface area contributed by atoms with Gasteiger partial charge in [0.05, 0.1) is 18.2 Å². The number of pyridine rings is 2. The fourth-order valence-electron chi connectivity index (χ4n) is 2.86. The Hall–Kier alpha value is -3.67. The average molecular weight is 450 g/mol. The number of ether oxygens (including phenoxy) is 2. The van der Waals surface area contributed by atoms with Gasteiger partial charge in [0.1, 0.15) is 12.4 Å². The third-order valence-corrected chi connectivity index (χ3v) is 4.49. The van der Waals surface area contributed by atoms with Crippen LogP contribution < -0.4 is 26.4 Å². The first-order valence-corrected chi connectivity index (χ1v) is 9.86. The van der Waals surface area contributed by atoms with Gasteiger partial charge in [-0.15, -0.1) is 0 Å². The number of anilines is 3. The highest BCUT2D eigenvalue weighted by molar-refractivity contribution is 5.98. The minimum atomic E-state index is -1.19. The Bertz CT molecular complexity index is 945. The van der Waals surface area contributed by atoms with Gasteiger partial charge < -0.3 is 36.3 Å². The van der Waals surface area contributed by atoms with Crippen LogP contribution in [0.25, 0.3) is 0 Å². The van der Waals surface area contributed by atoms with Crippen molar-refractivity contribution in [3.8, 4) is 5.88 Å². The third-order valence-electron chi connectivity index (χ3n) is 4.49. The number of halogens is 1. The lowest BCUT2D eigenvalue weighted by Crippen LogP contribution is -2.44. The normalized spacial score (nSPS) is 12.5. The molecule has 2 heterocycles. The molecule has 32 heavy (non-hydrogen) atoms. The Labute approximate surface area is 184 Å². The van der Waals surface area contributed by atoms with Crippen LogP contribution in [0.4, 0.5) is 26.5 Å². The van der Waals surface area contributed by atoms with Crippen LogP contribution in [0.15, 0.2) is 24.4 Å². The molecule has 12 heteroatoms. The molecule has 2 aromatic heterocycles. The zero-order chi connectivity index (χ0) is 23.7. The summed E-state index contributed by atoms with van der Waals surface area (Å²) in [6.07, 6.45) is 0.768. The molecule has 0 bridgehead atoms. The number of hydrogen-bond acceptors (Lipinski definition) is 8. The van der Waals surface area contributed by atoms with Gasteiger partial charge in [0.2, 0.25) is 5.88 Å². The number of aromatic nitrogens is 2. The maximum atomic E-state index is 14.6. The second-order valence-corrected chi connectivity index (χ2v) is 6.83. The smallest absolute Gasteiger partial charge is 0.404 e. The average Bonchev–Trinajstić information content (AvgIpc) is 2.74. The van der Waals surface area contributed by atoms with Crippen molar-refractivity contribution in [3.05, 3.63) is 35.8 Å². The summed E-state index contributed by atoms with van der Waals surface area (Å²) in [5, 5.41) is 17.1. The summed E-state index contributed by atoms with van der Waals surface area (Å²) in [6.45, 7) is 4.16. The number of nitrogens with two attached hydrogens (primary N) is 1. The van der Waals surface area contributed by atoms with E-state index in [4.69, 9.17) is 20.3 Å². The van der Waals surface area contributed by atoms with E-state index in [0.717, 1.165) is 6.07 Å². The largest absolute Gasteiger partial charge is 0.475 e. The molecule has 11 nitrogen and oxygen atoms in total. The van der Waals surface area contributed by atoms with Crippen LogP contribution in [0.3, 0.4) is 0 Å². The standard InChI is InChI=1S/C20H27FN6O5/c1-4-15(26-20(29)30)11(2)24-19-14(21)10-13(17(22)28)18(27-19)25-12-5-6-23-16(9-12)32-8-7-31-3/h5-6,9-11,15,26H,4,7-8H2,1-3H3,(H2,22,28)(H,29,30)(H2,23,24,25,27)/t11-,15+/m1/s1. The van der Waals surface area contributed by atoms with E-state index in [1.807, 2.05) is 0 Å². The number of hydrogen-bond donors (Lipinski definition) is 5. The molecule has 0 saturated carbocycles. The Morgan fingerprint density at radius 3 is 2.66 bits per heavy atom. The summed E-state index contributed by atoms with van der Waals surface area (Å²) >= 11 is 0. The number of carboxylic acid groups (broad SMARTS) is 1. The molecule has 0 saturated heterocycles. The fraction of sp³-hybridized carbons (Fsp3) is 0.400. The Balaban J connectivity index is 2.29. The van der Waals surface area contributed by atoms with Gasteiger partial charge in [-0.25, -0.2) is 19.2 Å². The van der Waals surface area contributed by atoms with Crippen molar-refractivity contribution in [1.29, 1.82) is 0 Å². The van der Waals surface area contributed by atoms with E-state index in [1.165, 1.54) is 6.20 Å². The summed E-state index contributed by atoms with van der Waals surface area (Å²) in [5.74, 6) is -1.52. The highest BCUT2D eigenvalue weighted by Gasteiger charge is 2.21. The van der Waals surface area contributed by atoms with Crippen LogP contribution in [-0.2, 0) is 4.74 Å². The van der Waals surface area contributed by atoms with E-state index in [9.17, 15) is 14.0 Å². The van der Waals surface area contributed by atoms with Crippen LogP contribution in [0, 0.1) is 5.82 Å². The molecular weight excluding hydrogens is 423 g/mol. The predicted molar refractivity (Wildman–Crippen MR) is 116 cm³/mol. The van der Waals surface area contributed by atoms with Crippen LogP contribution in [0.2, 0.25) is 0 Å². The lowest BCUT2D eigenvalue weighted by atomic mass is 10.1. The van der Waals surface area contributed by atoms with Gasteiger partial charge in [-0.05, 0) is 25.5 Å². The number of carbonyl (C=O) groups is 2. The molecule has 2 atom stereocenters. The summed E-state index contributed by atoms with van der Waals surface area (Å²) in [5.41, 5.74) is 5.71. The highest BCUT2D eigenvalue weighted by atomic mass is 19.1. The second kappa shape index (κ2) is 11.6. The number of amides is 2. The van der Waals surface area contributed by atoms with Crippen molar-refractivity contribution in [2.45, 2.75) is 32.4 Å². The molecule has 174 valence electrons. The molecular formula is C20H27FN6O5. The number of primary amides is 1. The Kier molecular flexibility index (Phi) is 8.95. The summed E-state index contributed by atoms with van der Waals surface area (Å²) in [6, 6.07) is 3.17. The van der Waals surface area contributed by atoms with Crippen molar-refractivity contribution >= 4 is 29.3 Å². The van der Waals surface area contributed by atoms with Gasteiger partial charge in [-0.1, -0.05) is 6.92 Å². The zero-order valence-electron chi connectivity index (χ0n) is 18.0. The van der Waals surface area contributed by atoms with E-state index in [1.54, 1.807) is 33.1 Å². The number of nitrogens with one attached hydrogen (secondary N) is 3. The van der Waals surface area contributed by atoms with Crippen molar-refractivity contribution in [3.63, 3.8) is 0 Å². The minimum absolute atomic E-state index is 0.0156. The van der Waals surface area contributed by atoms with Crippen molar-refractivity contribution in [2.24, 2.45) is 5.73 Å². The van der Waals surface area contributed by atoms with E-state index >= 15 is 0 Å². The molecule has 2 aromatic rings. The third kappa shape index (κ3) is 6.94. The number of carbonyl (C=O) groups excluding carboxylic acids is 1. The lowest BCUT2D eigenvalue weighted by Gasteiger charge is -2.24. The molecule has 0 aliphatic rings. The van der Waals surface area contributed by atoms with Crippen molar-refractivity contribution in [2.75, 3.05) is 31.0 Å². The van der Waals surface area contributed by atoms with Gasteiger partial charge >= 0.3 is 6.09 Å². The Morgan fingerprint density at radius 2 is 2.03 bits per heavy atom. The number of nitrogens with zero attached hydrogens (tertiary/aromatic N) is 2. The van der Waals surface area contributed by atoms with Crippen LogP contribution in [-0.4, -0.2) is 59.5 Å². The maximum Gasteiger partial charge on any atom is 0.404 e. The van der Waals surface area contributed by atoms with Crippen LogP contribution in [0.1, 0.15) is 30.6 Å². The molecule has 0 unspecified atom stereocenters. The van der Waals surface area contributed by atoms with Gasteiger partial charge in [0, 0.05) is 31.1 Å². The molecule has 0 aliphatic heterocycles. The maximum absolute atomic E-state index is 14.6. The summed E-state index contributed by atoms with van der Waals surface area (Å²) in [4.78, 5) is 31.1. The predicted octanol–water partition coefficient (Wildman–Crippen LogP) is 2.33. The van der Waals surface area contributed by atoms with Crippen LogP contribution in [0.5, 0.6) is 5.88 Å². The molecule has 0 aromatic carbocycles. The molecule has 0 fully saturated rings. The topological polar surface area (TPSA) is 161 Å². The quantitative estimate of drug-likeness (QED) is 0.306. The van der Waals surface area contributed by atoms with E-state index in [0.29, 0.717) is 31.2 Å². The summed E-state index contributed by atoms with van der Waals surface area (Å²) in [7, 11) is 1.55. The second-order valence-electron chi connectivity index (χ2n) is 6.83. The number of methoxy groups -OCH3 is 1. The van der Waals surface area contributed by atoms with Gasteiger partial charge in [0.15, 0.2) is 11.6 Å². The number of rotatable bonds is 12. The fourth-order valence-corrected chi connectivity index (χ4v) is 2.86. The highest BCUT2D eigenvalue weighted by Crippen LogP contribution is 2.25. The molecule has 0 spiro atoms. The molecule has 2 rings (SSSR count). The van der Waals surface area contributed by atoms with Gasteiger partial charge in [0.25, 0.3) is 5.91 Å². The molecule has 6 N–H and O–H groups in total. The van der Waals surface area contributed by atoms with Crippen LogP contribution >= 0.6 is 0 Å². The van der Waals surface area contributed by atoms with E-state index in [2.05, 4.69) is 25.9 Å². The SMILES string of the molecule is CC[C@H](NC(=O)O)[C@@H](C)Nc1nc(Nc2ccnc(OCCOC)c2)c(C(N)=O)cc1F. The monoisotopic (exact) mass is 450 g/mol. The molecule has 0 radical (unpaired) electrons. The Morgan fingerprint density at radius 1 is 1.28 bits per heavy atom. The first-order chi connectivity index (χ1) is 15.2. The van der Waals surface area contributed by atoms with Crippen molar-refractivity contribution in [1.82, 2.24) is 15.3 Å². The minimum Gasteiger partial charge on any atom is -0.475 e. The van der Waals surface area contributed by atoms with Gasteiger partial charge in [-0.3, -0.25) is 4.79 Å². The lowest BCUT2D eigenvalue weighted by molar-refractivity contribution is 0.100. The van der Waals surface area contributed by atoms with Crippen molar-refractivity contribution < 1.29 is 28.6 Å². The zero-order valence-corrected chi connectivity index (χ0v) is 18.0.